The number of benzene rings is 4. The molecule has 2 heterocycles. The van der Waals surface area contributed by atoms with Gasteiger partial charge in [-0.2, -0.15) is 0 Å². The van der Waals surface area contributed by atoms with Gasteiger partial charge in [-0.25, -0.2) is 0 Å². The Morgan fingerprint density at radius 3 is 1.92 bits per heavy atom. The van der Waals surface area contributed by atoms with Crippen molar-refractivity contribution in [3.05, 3.63) is 125 Å². The molecular weight excluding hydrogens is 459 g/mol. The van der Waals surface area contributed by atoms with Crippen LogP contribution in [0.3, 0.4) is 0 Å². The quantitative estimate of drug-likeness (QED) is 0.264. The number of anilines is 5. The lowest BCUT2D eigenvalue weighted by atomic mass is 9.30. The van der Waals surface area contributed by atoms with E-state index in [-0.39, 0.29) is 6.71 Å². The highest BCUT2D eigenvalue weighted by Crippen LogP contribution is 2.47. The first kappa shape index (κ1) is 23.2. The second-order valence-electron chi connectivity index (χ2n) is 11.4. The summed E-state index contributed by atoms with van der Waals surface area (Å²) in [5.74, 6) is 0.928. The third-order valence-electron chi connectivity index (χ3n) is 8.77. The molecule has 2 unspecified atom stereocenters. The Hall–Kier alpha value is -3.98. The number of hydrogen-bond donors (Lipinski definition) is 0. The van der Waals surface area contributed by atoms with Crippen molar-refractivity contribution in [3.63, 3.8) is 0 Å². The summed E-state index contributed by atoms with van der Waals surface area (Å²) in [5.41, 5.74) is 15.9. The highest BCUT2D eigenvalue weighted by atomic mass is 15.2. The van der Waals surface area contributed by atoms with Crippen molar-refractivity contribution in [3.8, 4) is 0 Å². The third-order valence-corrected chi connectivity index (χ3v) is 8.77. The Morgan fingerprint density at radius 2 is 1.24 bits per heavy atom. The molecule has 0 N–H and O–H groups in total. The summed E-state index contributed by atoms with van der Waals surface area (Å²) >= 11 is 0. The average Bonchev–Trinajstić information content (AvgIpc) is 2.90. The van der Waals surface area contributed by atoms with E-state index in [1.807, 2.05) is 0 Å². The van der Waals surface area contributed by atoms with Crippen molar-refractivity contribution in [2.45, 2.75) is 34.6 Å². The van der Waals surface area contributed by atoms with E-state index < -0.39 is 0 Å². The van der Waals surface area contributed by atoms with Gasteiger partial charge in [0, 0.05) is 34.1 Å². The predicted molar refractivity (Wildman–Crippen MR) is 163 cm³/mol. The standard InChI is InChI=1S/C35H33BN2/c1-22-9-6-11-27(19-22)37-30-17-15-24(3)21-29(30)36-34-26(5)25(4)16-18-33(34)38(28-12-7-10-23(2)20-28)32-14-8-13-31(37)35(32)36/h6-21,25-26H,1-5H3. The lowest BCUT2D eigenvalue weighted by molar-refractivity contribution is 0.535. The monoisotopic (exact) mass is 492 g/mol. The van der Waals surface area contributed by atoms with Gasteiger partial charge in [0.25, 0.3) is 0 Å². The first-order valence-electron chi connectivity index (χ1n) is 13.8. The molecule has 1 aliphatic carbocycles. The fraction of sp³-hybridized carbons (Fsp3) is 0.200. The largest absolute Gasteiger partial charge is 0.312 e. The highest BCUT2D eigenvalue weighted by Gasteiger charge is 2.46. The SMILES string of the molecule is Cc1cccc(N2C3=C(B4c5cc(C)ccc5N(c5cccc(C)c5)c5cccc2c54)C(C)C(C)C=C3)c1. The molecule has 3 heteroatoms. The Kier molecular flexibility index (Phi) is 5.20. The van der Waals surface area contributed by atoms with Crippen LogP contribution in [0.5, 0.6) is 0 Å². The second kappa shape index (κ2) is 8.53. The predicted octanol–water partition coefficient (Wildman–Crippen LogP) is 7.79. The van der Waals surface area contributed by atoms with Gasteiger partial charge >= 0.3 is 0 Å². The van der Waals surface area contributed by atoms with Gasteiger partial charge in [-0.1, -0.05) is 73.4 Å². The van der Waals surface area contributed by atoms with Crippen LogP contribution in [-0.2, 0) is 0 Å². The maximum atomic E-state index is 2.52. The lowest BCUT2D eigenvalue weighted by Gasteiger charge is -2.47. The van der Waals surface area contributed by atoms with Crippen molar-refractivity contribution in [2.75, 3.05) is 9.80 Å². The van der Waals surface area contributed by atoms with Gasteiger partial charge in [-0.3, -0.25) is 0 Å². The topological polar surface area (TPSA) is 6.48 Å². The van der Waals surface area contributed by atoms with E-state index in [1.165, 1.54) is 67.2 Å². The molecule has 0 fully saturated rings. The van der Waals surface area contributed by atoms with Gasteiger partial charge in [0.2, 0.25) is 6.71 Å². The molecule has 2 aliphatic heterocycles. The number of hydrogen-bond acceptors (Lipinski definition) is 2. The highest BCUT2D eigenvalue weighted by molar-refractivity contribution is 6.95. The fourth-order valence-electron chi connectivity index (χ4n) is 6.80. The summed E-state index contributed by atoms with van der Waals surface area (Å²) in [5, 5.41) is 0. The molecule has 0 saturated carbocycles. The van der Waals surface area contributed by atoms with Gasteiger partial charge in [-0.15, -0.1) is 0 Å². The Bertz CT molecular complexity index is 1660. The van der Waals surface area contributed by atoms with Crippen LogP contribution in [0.2, 0.25) is 0 Å². The molecule has 7 rings (SSSR count). The van der Waals surface area contributed by atoms with Gasteiger partial charge in [0.15, 0.2) is 0 Å². The van der Waals surface area contributed by atoms with E-state index in [9.17, 15) is 0 Å². The van der Waals surface area contributed by atoms with Crippen LogP contribution in [0.4, 0.5) is 28.4 Å². The van der Waals surface area contributed by atoms with Crippen LogP contribution < -0.4 is 20.7 Å². The molecule has 0 saturated heterocycles. The average molecular weight is 492 g/mol. The van der Waals surface area contributed by atoms with Crippen molar-refractivity contribution in [1.82, 2.24) is 0 Å². The van der Waals surface area contributed by atoms with Crippen LogP contribution in [0.1, 0.15) is 30.5 Å². The van der Waals surface area contributed by atoms with Crippen molar-refractivity contribution in [2.24, 2.45) is 11.8 Å². The van der Waals surface area contributed by atoms with Crippen molar-refractivity contribution in [1.29, 1.82) is 0 Å². The molecule has 0 radical (unpaired) electrons. The second-order valence-corrected chi connectivity index (χ2v) is 11.4. The Labute approximate surface area is 227 Å². The Balaban J connectivity index is 1.59. The zero-order valence-electron chi connectivity index (χ0n) is 22.9. The number of rotatable bonds is 2. The minimum Gasteiger partial charge on any atom is -0.312 e. The van der Waals surface area contributed by atoms with E-state index in [1.54, 1.807) is 0 Å². The normalized spacial score (nSPS) is 19.3. The fourth-order valence-corrected chi connectivity index (χ4v) is 6.80. The summed E-state index contributed by atoms with van der Waals surface area (Å²) in [4.78, 5) is 5.01. The maximum Gasteiger partial charge on any atom is 0.247 e. The number of nitrogens with zero attached hydrogens (tertiary/aromatic N) is 2. The van der Waals surface area contributed by atoms with Crippen LogP contribution in [0.25, 0.3) is 0 Å². The van der Waals surface area contributed by atoms with Crippen LogP contribution in [0.15, 0.2) is 108 Å². The molecule has 2 nitrogen and oxygen atoms in total. The van der Waals surface area contributed by atoms with E-state index in [0.29, 0.717) is 11.8 Å². The zero-order valence-corrected chi connectivity index (χ0v) is 22.9. The first-order valence-corrected chi connectivity index (χ1v) is 13.8. The van der Waals surface area contributed by atoms with E-state index >= 15 is 0 Å². The summed E-state index contributed by atoms with van der Waals surface area (Å²) in [6.45, 7) is 11.6. The van der Waals surface area contributed by atoms with Gasteiger partial charge in [0.05, 0.1) is 0 Å². The lowest BCUT2D eigenvalue weighted by Crippen LogP contribution is -2.57. The molecule has 3 aliphatic rings. The minimum absolute atomic E-state index is 0.232. The van der Waals surface area contributed by atoms with Gasteiger partial charge in [0.1, 0.15) is 0 Å². The maximum absolute atomic E-state index is 2.52. The van der Waals surface area contributed by atoms with Crippen LogP contribution in [-0.4, -0.2) is 6.71 Å². The molecule has 0 aromatic heterocycles. The summed E-state index contributed by atoms with van der Waals surface area (Å²) in [7, 11) is 0. The number of fused-ring (bicyclic) bond motifs is 3. The molecule has 0 spiro atoms. The van der Waals surface area contributed by atoms with Gasteiger partial charge in [-0.05, 0) is 103 Å². The first-order chi connectivity index (χ1) is 18.4. The molecule has 0 amide bonds. The van der Waals surface area contributed by atoms with Crippen LogP contribution in [0, 0.1) is 32.6 Å². The molecule has 2 atom stereocenters. The molecule has 0 bridgehead atoms. The number of aryl methyl sites for hydroxylation is 3. The molecule has 38 heavy (non-hydrogen) atoms. The molecule has 4 aromatic rings. The minimum atomic E-state index is 0.232. The summed E-state index contributed by atoms with van der Waals surface area (Å²) in [6.07, 6.45) is 4.79. The van der Waals surface area contributed by atoms with E-state index in [0.717, 1.165) is 0 Å². The van der Waals surface area contributed by atoms with Crippen LogP contribution >= 0.6 is 0 Å². The molecule has 4 aromatic carbocycles. The van der Waals surface area contributed by atoms with E-state index in [2.05, 4.69) is 141 Å². The van der Waals surface area contributed by atoms with Gasteiger partial charge < -0.3 is 9.80 Å². The third kappa shape index (κ3) is 3.34. The van der Waals surface area contributed by atoms with E-state index in [4.69, 9.17) is 0 Å². The smallest absolute Gasteiger partial charge is 0.247 e. The van der Waals surface area contributed by atoms with Crippen molar-refractivity contribution >= 4 is 46.1 Å². The molecular formula is C35H33BN2. The summed E-state index contributed by atoms with van der Waals surface area (Å²) < 4.78 is 0. The number of allylic oxidation sites excluding steroid dienone is 3. The molecule has 186 valence electrons. The zero-order chi connectivity index (χ0) is 26.1. The Morgan fingerprint density at radius 1 is 0.632 bits per heavy atom. The summed E-state index contributed by atoms with van der Waals surface area (Å²) in [6, 6.07) is 31.8. The van der Waals surface area contributed by atoms with Crippen molar-refractivity contribution < 1.29 is 0 Å².